The maximum atomic E-state index is 11.0. The normalized spacial score (nSPS) is 12.6. The molecule has 0 aromatic carbocycles. The lowest BCUT2D eigenvalue weighted by atomic mass is 10.2. The molecule has 0 bridgehead atoms. The first-order valence-electron chi connectivity index (χ1n) is 4.79. The molecule has 0 radical (unpaired) electrons. The second-order valence-electron chi connectivity index (χ2n) is 3.38. The Morgan fingerprint density at radius 3 is 2.54 bits per heavy atom. The van der Waals surface area contributed by atoms with E-state index in [-0.39, 0.29) is 12.1 Å². The van der Waals surface area contributed by atoms with E-state index in [1.165, 1.54) is 6.08 Å². The van der Waals surface area contributed by atoms with Crippen LogP contribution in [-0.2, 0) is 4.79 Å². The van der Waals surface area contributed by atoms with Crippen LogP contribution in [0.3, 0.4) is 0 Å². The van der Waals surface area contributed by atoms with E-state index in [2.05, 4.69) is 38.0 Å². The Bertz CT molecular complexity index is 166. The predicted molar refractivity (Wildman–Crippen MR) is 55.3 cm³/mol. The van der Waals surface area contributed by atoms with Crippen molar-refractivity contribution in [2.75, 3.05) is 0 Å². The Morgan fingerprint density at radius 2 is 2.15 bits per heavy atom. The molecule has 0 saturated heterocycles. The molecule has 2 N–H and O–H groups in total. The van der Waals surface area contributed by atoms with Gasteiger partial charge < -0.3 is 5.32 Å². The van der Waals surface area contributed by atoms with E-state index >= 15 is 0 Å². The molecular formula is C10H20N2O. The van der Waals surface area contributed by atoms with Crippen molar-refractivity contribution in [1.82, 2.24) is 10.6 Å². The number of nitrogens with one attached hydrogen (secondary N) is 2. The first-order chi connectivity index (χ1) is 6.10. The molecule has 0 heterocycles. The number of carbonyl (C=O) groups excluding carboxylic acids is 1. The van der Waals surface area contributed by atoms with Gasteiger partial charge in [-0.05, 0) is 26.3 Å². The minimum Gasteiger partial charge on any atom is -0.337 e. The second-order valence-corrected chi connectivity index (χ2v) is 3.38. The van der Waals surface area contributed by atoms with Gasteiger partial charge in [0.05, 0.1) is 6.17 Å². The van der Waals surface area contributed by atoms with Crippen molar-refractivity contribution in [2.45, 2.75) is 45.8 Å². The molecule has 0 aliphatic heterocycles. The molecule has 3 heteroatoms. The number of amides is 1. The fraction of sp³-hybridized carbons (Fsp3) is 0.700. The van der Waals surface area contributed by atoms with Gasteiger partial charge in [-0.25, -0.2) is 0 Å². The lowest BCUT2D eigenvalue weighted by molar-refractivity contribution is -0.117. The number of carbonyl (C=O) groups is 1. The van der Waals surface area contributed by atoms with Crippen molar-refractivity contribution in [3.8, 4) is 0 Å². The van der Waals surface area contributed by atoms with E-state index in [0.29, 0.717) is 6.04 Å². The van der Waals surface area contributed by atoms with Crippen LogP contribution in [0.5, 0.6) is 0 Å². The highest BCUT2D eigenvalue weighted by atomic mass is 16.1. The summed E-state index contributed by atoms with van der Waals surface area (Å²) >= 11 is 0. The van der Waals surface area contributed by atoms with E-state index in [0.717, 1.165) is 12.8 Å². The zero-order valence-corrected chi connectivity index (χ0v) is 8.76. The Morgan fingerprint density at radius 1 is 1.54 bits per heavy atom. The van der Waals surface area contributed by atoms with E-state index < -0.39 is 0 Å². The summed E-state index contributed by atoms with van der Waals surface area (Å²) < 4.78 is 0. The lowest BCUT2D eigenvalue weighted by Gasteiger charge is -2.21. The minimum absolute atomic E-state index is 0.0653. The van der Waals surface area contributed by atoms with E-state index in [1.54, 1.807) is 0 Å². The largest absolute Gasteiger partial charge is 0.337 e. The smallest absolute Gasteiger partial charge is 0.244 e. The number of hydrogen-bond acceptors (Lipinski definition) is 2. The van der Waals surface area contributed by atoms with Crippen LogP contribution in [0.4, 0.5) is 0 Å². The summed E-state index contributed by atoms with van der Waals surface area (Å²) in [6.07, 6.45) is 3.35. The Kier molecular flexibility index (Phi) is 6.24. The average molecular weight is 184 g/mol. The maximum absolute atomic E-state index is 11.0. The fourth-order valence-corrected chi connectivity index (χ4v) is 1.12. The van der Waals surface area contributed by atoms with E-state index in [4.69, 9.17) is 0 Å². The standard InChI is InChI=1S/C10H20N2O/c1-5-7-9(11-8(3)4)12-10(13)6-2/h6,8-9,11H,2,5,7H2,1,3-4H3,(H,12,13). The van der Waals surface area contributed by atoms with Gasteiger partial charge in [-0.15, -0.1) is 0 Å². The van der Waals surface area contributed by atoms with Crippen LogP contribution in [0.25, 0.3) is 0 Å². The molecule has 0 aromatic rings. The zero-order valence-electron chi connectivity index (χ0n) is 8.76. The van der Waals surface area contributed by atoms with Crippen LogP contribution in [-0.4, -0.2) is 18.1 Å². The van der Waals surface area contributed by atoms with Crippen molar-refractivity contribution < 1.29 is 4.79 Å². The quantitative estimate of drug-likeness (QED) is 0.484. The van der Waals surface area contributed by atoms with Crippen molar-refractivity contribution in [2.24, 2.45) is 0 Å². The molecule has 0 spiro atoms. The summed E-state index contributed by atoms with van der Waals surface area (Å²) in [5.74, 6) is -0.119. The van der Waals surface area contributed by atoms with E-state index in [1.807, 2.05) is 0 Å². The van der Waals surface area contributed by atoms with Gasteiger partial charge in [-0.3, -0.25) is 10.1 Å². The molecule has 13 heavy (non-hydrogen) atoms. The lowest BCUT2D eigenvalue weighted by Crippen LogP contribution is -2.47. The summed E-state index contributed by atoms with van der Waals surface area (Å²) in [6, 6.07) is 0.377. The van der Waals surface area contributed by atoms with E-state index in [9.17, 15) is 4.79 Å². The highest BCUT2D eigenvalue weighted by Crippen LogP contribution is 1.94. The molecule has 1 unspecified atom stereocenters. The van der Waals surface area contributed by atoms with Gasteiger partial charge in [0.15, 0.2) is 0 Å². The van der Waals surface area contributed by atoms with Gasteiger partial charge in [0.2, 0.25) is 5.91 Å². The molecule has 0 saturated carbocycles. The molecule has 0 aliphatic carbocycles. The van der Waals surface area contributed by atoms with Gasteiger partial charge in [0.25, 0.3) is 0 Å². The average Bonchev–Trinajstić information content (AvgIpc) is 2.03. The van der Waals surface area contributed by atoms with Gasteiger partial charge in [-0.1, -0.05) is 19.9 Å². The molecule has 1 amide bonds. The van der Waals surface area contributed by atoms with Crippen LogP contribution in [0.2, 0.25) is 0 Å². The maximum Gasteiger partial charge on any atom is 0.244 e. The first kappa shape index (κ1) is 12.2. The monoisotopic (exact) mass is 184 g/mol. The molecule has 0 aromatic heterocycles. The van der Waals surface area contributed by atoms with Gasteiger partial charge >= 0.3 is 0 Å². The molecule has 0 fully saturated rings. The minimum atomic E-state index is -0.119. The highest BCUT2D eigenvalue weighted by molar-refractivity contribution is 5.87. The van der Waals surface area contributed by atoms with Gasteiger partial charge in [-0.2, -0.15) is 0 Å². The van der Waals surface area contributed by atoms with Crippen LogP contribution in [0.1, 0.15) is 33.6 Å². The Balaban J connectivity index is 3.92. The summed E-state index contributed by atoms with van der Waals surface area (Å²) in [5.41, 5.74) is 0. The van der Waals surface area contributed by atoms with Crippen LogP contribution < -0.4 is 10.6 Å². The van der Waals surface area contributed by atoms with Crippen LogP contribution in [0, 0.1) is 0 Å². The summed E-state index contributed by atoms with van der Waals surface area (Å²) in [5, 5.41) is 6.10. The third-order valence-electron chi connectivity index (χ3n) is 1.61. The zero-order chi connectivity index (χ0) is 10.3. The molecule has 76 valence electrons. The summed E-state index contributed by atoms with van der Waals surface area (Å²) in [4.78, 5) is 11.0. The molecule has 1 atom stereocenters. The SMILES string of the molecule is C=CC(=O)NC(CCC)NC(C)C. The Labute approximate surface area is 80.6 Å². The fourth-order valence-electron chi connectivity index (χ4n) is 1.12. The van der Waals surface area contributed by atoms with Gasteiger partial charge in [0.1, 0.15) is 0 Å². The second kappa shape index (κ2) is 6.66. The third kappa shape index (κ3) is 6.34. The van der Waals surface area contributed by atoms with Crippen molar-refractivity contribution >= 4 is 5.91 Å². The molecule has 3 nitrogen and oxygen atoms in total. The first-order valence-corrected chi connectivity index (χ1v) is 4.79. The van der Waals surface area contributed by atoms with Crippen molar-refractivity contribution in [3.05, 3.63) is 12.7 Å². The molecular weight excluding hydrogens is 164 g/mol. The summed E-state index contributed by atoms with van der Waals surface area (Å²) in [6.45, 7) is 9.62. The Hall–Kier alpha value is -0.830. The topological polar surface area (TPSA) is 41.1 Å². The third-order valence-corrected chi connectivity index (χ3v) is 1.61. The predicted octanol–water partition coefficient (Wildman–Crippen LogP) is 1.41. The van der Waals surface area contributed by atoms with Crippen molar-refractivity contribution in [3.63, 3.8) is 0 Å². The van der Waals surface area contributed by atoms with Crippen LogP contribution >= 0.6 is 0 Å². The number of rotatable bonds is 6. The van der Waals surface area contributed by atoms with Crippen molar-refractivity contribution in [1.29, 1.82) is 0 Å². The highest BCUT2D eigenvalue weighted by Gasteiger charge is 2.09. The van der Waals surface area contributed by atoms with Gasteiger partial charge in [0, 0.05) is 6.04 Å². The molecule has 0 rings (SSSR count). The summed E-state index contributed by atoms with van der Waals surface area (Å²) in [7, 11) is 0. The number of hydrogen-bond donors (Lipinski definition) is 2. The molecule has 0 aliphatic rings. The van der Waals surface area contributed by atoms with Crippen LogP contribution in [0.15, 0.2) is 12.7 Å².